The molecular formula is C16H27IN4O2. The van der Waals surface area contributed by atoms with E-state index < -0.39 is 0 Å². The van der Waals surface area contributed by atoms with Crippen molar-refractivity contribution >= 4 is 29.9 Å². The van der Waals surface area contributed by atoms with Gasteiger partial charge in [0.2, 0.25) is 5.88 Å². The number of guanidine groups is 1. The van der Waals surface area contributed by atoms with Crippen LogP contribution in [0.25, 0.3) is 0 Å². The van der Waals surface area contributed by atoms with Crippen molar-refractivity contribution in [3.05, 3.63) is 23.9 Å². The van der Waals surface area contributed by atoms with E-state index in [2.05, 4.69) is 20.6 Å². The molecule has 1 fully saturated rings. The first-order chi connectivity index (χ1) is 10.8. The van der Waals surface area contributed by atoms with E-state index in [1.165, 1.54) is 12.8 Å². The number of nitrogens with one attached hydrogen (secondary N) is 2. The second-order valence-corrected chi connectivity index (χ2v) is 5.43. The predicted octanol–water partition coefficient (Wildman–Crippen LogP) is 2.19. The van der Waals surface area contributed by atoms with Crippen molar-refractivity contribution in [3.8, 4) is 5.88 Å². The Morgan fingerprint density at radius 1 is 1.39 bits per heavy atom. The van der Waals surface area contributed by atoms with Gasteiger partial charge in [0.15, 0.2) is 5.96 Å². The zero-order valence-corrected chi connectivity index (χ0v) is 16.2. The molecule has 1 aliphatic rings. The lowest BCUT2D eigenvalue weighted by atomic mass is 10.2. The highest BCUT2D eigenvalue weighted by Crippen LogP contribution is 2.28. The van der Waals surface area contributed by atoms with Crippen molar-refractivity contribution < 1.29 is 9.47 Å². The molecule has 6 nitrogen and oxygen atoms in total. The highest BCUT2D eigenvalue weighted by molar-refractivity contribution is 14.0. The van der Waals surface area contributed by atoms with Gasteiger partial charge in [-0.3, -0.25) is 4.99 Å². The fraction of sp³-hybridized carbons (Fsp3) is 0.625. The molecule has 1 heterocycles. The van der Waals surface area contributed by atoms with E-state index in [-0.39, 0.29) is 24.0 Å². The molecule has 0 spiro atoms. The van der Waals surface area contributed by atoms with Crippen LogP contribution in [0.3, 0.4) is 0 Å². The Balaban J connectivity index is 0.00000264. The number of ether oxygens (including phenoxy) is 2. The molecule has 1 aliphatic carbocycles. The molecule has 130 valence electrons. The Morgan fingerprint density at radius 3 is 2.91 bits per heavy atom. The predicted molar refractivity (Wildman–Crippen MR) is 103 cm³/mol. The molecule has 1 aromatic heterocycles. The molecular weight excluding hydrogens is 407 g/mol. The molecule has 0 saturated heterocycles. The lowest BCUT2D eigenvalue weighted by Gasteiger charge is -2.12. The summed E-state index contributed by atoms with van der Waals surface area (Å²) in [5, 5.41) is 6.55. The Kier molecular flexibility index (Phi) is 9.93. The quantitative estimate of drug-likeness (QED) is 0.270. The maximum absolute atomic E-state index is 5.61. The van der Waals surface area contributed by atoms with Gasteiger partial charge in [-0.1, -0.05) is 0 Å². The number of rotatable bonds is 9. The first kappa shape index (κ1) is 20.0. The van der Waals surface area contributed by atoms with E-state index in [0.29, 0.717) is 12.4 Å². The molecule has 7 heteroatoms. The number of methoxy groups -OCH3 is 1. The maximum atomic E-state index is 5.61. The Labute approximate surface area is 155 Å². The summed E-state index contributed by atoms with van der Waals surface area (Å²) in [6.07, 6.45) is 5.41. The summed E-state index contributed by atoms with van der Waals surface area (Å²) < 4.78 is 10.7. The SMILES string of the molecule is CN=C(NCCCOCC1CC1)NCc1ccnc(OC)c1.I. The molecule has 2 N–H and O–H groups in total. The van der Waals surface area contributed by atoms with Crippen LogP contribution in [0, 0.1) is 5.92 Å². The molecule has 0 radical (unpaired) electrons. The van der Waals surface area contributed by atoms with Gasteiger partial charge in [-0.25, -0.2) is 4.98 Å². The highest BCUT2D eigenvalue weighted by atomic mass is 127. The van der Waals surface area contributed by atoms with Gasteiger partial charge in [0.25, 0.3) is 0 Å². The van der Waals surface area contributed by atoms with Gasteiger partial charge in [0.1, 0.15) is 0 Å². The van der Waals surface area contributed by atoms with Crippen LogP contribution in [-0.2, 0) is 11.3 Å². The monoisotopic (exact) mass is 434 g/mol. The topological polar surface area (TPSA) is 67.8 Å². The van der Waals surface area contributed by atoms with E-state index in [1.807, 2.05) is 12.1 Å². The lowest BCUT2D eigenvalue weighted by Crippen LogP contribution is -2.37. The van der Waals surface area contributed by atoms with Crippen LogP contribution in [0.4, 0.5) is 0 Å². The standard InChI is InChI=1S/C16H26N4O2.HI/c1-17-16(19-7-3-9-22-12-13-4-5-13)20-11-14-6-8-18-15(10-14)21-2;/h6,8,10,13H,3-5,7,9,11-12H2,1-2H3,(H2,17,19,20);1H. The minimum Gasteiger partial charge on any atom is -0.481 e. The largest absolute Gasteiger partial charge is 0.481 e. The van der Waals surface area contributed by atoms with Crippen molar-refractivity contribution in [2.24, 2.45) is 10.9 Å². The fourth-order valence-corrected chi connectivity index (χ4v) is 1.99. The summed E-state index contributed by atoms with van der Waals surface area (Å²) in [6, 6.07) is 3.86. The lowest BCUT2D eigenvalue weighted by molar-refractivity contribution is 0.123. The van der Waals surface area contributed by atoms with Gasteiger partial charge in [-0.15, -0.1) is 24.0 Å². The maximum Gasteiger partial charge on any atom is 0.213 e. The van der Waals surface area contributed by atoms with Gasteiger partial charge in [-0.05, 0) is 36.8 Å². The summed E-state index contributed by atoms with van der Waals surface area (Å²) >= 11 is 0. The first-order valence-corrected chi connectivity index (χ1v) is 7.83. The second kappa shape index (κ2) is 11.4. The van der Waals surface area contributed by atoms with Crippen molar-refractivity contribution in [2.75, 3.05) is 33.9 Å². The zero-order chi connectivity index (χ0) is 15.6. The molecule has 0 unspecified atom stereocenters. The summed E-state index contributed by atoms with van der Waals surface area (Å²) in [5.74, 6) is 2.24. The van der Waals surface area contributed by atoms with Crippen LogP contribution in [0.15, 0.2) is 23.3 Å². The van der Waals surface area contributed by atoms with Gasteiger partial charge in [0, 0.05) is 45.6 Å². The molecule has 0 aliphatic heterocycles. The third kappa shape index (κ3) is 8.36. The summed E-state index contributed by atoms with van der Waals surface area (Å²) in [4.78, 5) is 8.30. The Bertz CT molecular complexity index is 481. The molecule has 23 heavy (non-hydrogen) atoms. The second-order valence-electron chi connectivity index (χ2n) is 5.43. The van der Waals surface area contributed by atoms with Crippen LogP contribution in [0.5, 0.6) is 5.88 Å². The van der Waals surface area contributed by atoms with Crippen LogP contribution in [0.1, 0.15) is 24.8 Å². The molecule has 2 rings (SSSR count). The number of aliphatic imine (C=N–C) groups is 1. The first-order valence-electron chi connectivity index (χ1n) is 7.83. The molecule has 1 saturated carbocycles. The zero-order valence-electron chi connectivity index (χ0n) is 13.9. The van der Waals surface area contributed by atoms with Gasteiger partial charge in [-0.2, -0.15) is 0 Å². The molecule has 0 amide bonds. The van der Waals surface area contributed by atoms with Crippen LogP contribution >= 0.6 is 24.0 Å². The Morgan fingerprint density at radius 2 is 2.22 bits per heavy atom. The van der Waals surface area contributed by atoms with Crippen LogP contribution in [-0.4, -0.2) is 44.9 Å². The van der Waals surface area contributed by atoms with Gasteiger partial charge < -0.3 is 20.1 Å². The minimum absolute atomic E-state index is 0. The third-order valence-electron chi connectivity index (χ3n) is 3.50. The Hall–Kier alpha value is -1.09. The summed E-state index contributed by atoms with van der Waals surface area (Å²) in [5.41, 5.74) is 1.10. The molecule has 0 bridgehead atoms. The van der Waals surface area contributed by atoms with E-state index in [0.717, 1.165) is 43.6 Å². The third-order valence-corrected chi connectivity index (χ3v) is 3.50. The van der Waals surface area contributed by atoms with E-state index in [9.17, 15) is 0 Å². The van der Waals surface area contributed by atoms with Crippen molar-refractivity contribution in [2.45, 2.75) is 25.8 Å². The van der Waals surface area contributed by atoms with E-state index in [1.54, 1.807) is 20.4 Å². The number of aromatic nitrogens is 1. The van der Waals surface area contributed by atoms with Crippen molar-refractivity contribution in [3.63, 3.8) is 0 Å². The molecule has 0 atom stereocenters. The number of hydrogen-bond donors (Lipinski definition) is 2. The normalized spacial score (nSPS) is 14.1. The average molecular weight is 434 g/mol. The van der Waals surface area contributed by atoms with Gasteiger partial charge in [0.05, 0.1) is 7.11 Å². The van der Waals surface area contributed by atoms with Crippen LogP contribution < -0.4 is 15.4 Å². The van der Waals surface area contributed by atoms with E-state index in [4.69, 9.17) is 9.47 Å². The number of halogens is 1. The number of nitrogens with zero attached hydrogens (tertiary/aromatic N) is 2. The van der Waals surface area contributed by atoms with Gasteiger partial charge >= 0.3 is 0 Å². The smallest absolute Gasteiger partial charge is 0.213 e. The number of pyridine rings is 1. The van der Waals surface area contributed by atoms with Crippen molar-refractivity contribution in [1.29, 1.82) is 0 Å². The number of hydrogen-bond acceptors (Lipinski definition) is 4. The van der Waals surface area contributed by atoms with Crippen molar-refractivity contribution in [1.82, 2.24) is 15.6 Å². The minimum atomic E-state index is 0. The highest BCUT2D eigenvalue weighted by Gasteiger charge is 2.20. The fourth-order valence-electron chi connectivity index (χ4n) is 1.99. The average Bonchev–Trinajstić information content (AvgIpc) is 3.38. The summed E-state index contributed by atoms with van der Waals surface area (Å²) in [6.45, 7) is 3.26. The molecule has 1 aromatic rings. The molecule has 0 aromatic carbocycles. The van der Waals surface area contributed by atoms with Crippen LogP contribution in [0.2, 0.25) is 0 Å². The summed E-state index contributed by atoms with van der Waals surface area (Å²) in [7, 11) is 3.39. The van der Waals surface area contributed by atoms with E-state index >= 15 is 0 Å².